The van der Waals surface area contributed by atoms with E-state index in [0.29, 0.717) is 17.2 Å². The average molecular weight is 309 g/mol. The minimum absolute atomic E-state index is 0.486. The first-order chi connectivity index (χ1) is 10.2. The lowest BCUT2D eigenvalue weighted by Gasteiger charge is -2.48. The fourth-order valence-corrected chi connectivity index (χ4v) is 3.80. The Morgan fingerprint density at radius 3 is 2.95 bits per heavy atom. The standard InChI is InChI=1S/C16H25ClN4/c1-3-6-15-18-14(17)9-16(19-15)21-11-13-7-4-5-8-20(13)10-12(21)2/h9,12-13H,3-8,10-11H2,1-2H3. The van der Waals surface area contributed by atoms with Crippen molar-refractivity contribution in [3.8, 4) is 0 Å². The van der Waals surface area contributed by atoms with Crippen LogP contribution in [0.3, 0.4) is 0 Å². The van der Waals surface area contributed by atoms with Gasteiger partial charge in [-0.25, -0.2) is 9.97 Å². The second kappa shape index (κ2) is 6.49. The highest BCUT2D eigenvalue weighted by molar-refractivity contribution is 6.29. The molecule has 0 N–H and O–H groups in total. The van der Waals surface area contributed by atoms with Crippen molar-refractivity contribution in [3.05, 3.63) is 17.0 Å². The number of piperidine rings is 1. The van der Waals surface area contributed by atoms with Crippen LogP contribution in [0.2, 0.25) is 5.15 Å². The second-order valence-corrected chi connectivity index (χ2v) is 6.75. The summed E-state index contributed by atoms with van der Waals surface area (Å²) < 4.78 is 0. The smallest absolute Gasteiger partial charge is 0.134 e. The number of halogens is 1. The van der Waals surface area contributed by atoms with E-state index in [2.05, 4.69) is 28.6 Å². The number of aryl methyl sites for hydroxylation is 1. The molecule has 0 amide bonds. The molecule has 0 radical (unpaired) electrons. The molecule has 1 aromatic heterocycles. The number of hydrogen-bond donors (Lipinski definition) is 0. The Morgan fingerprint density at radius 1 is 1.29 bits per heavy atom. The lowest BCUT2D eigenvalue weighted by molar-refractivity contribution is 0.115. The Bertz CT molecular complexity index is 493. The summed E-state index contributed by atoms with van der Waals surface area (Å²) in [6.07, 6.45) is 5.96. The van der Waals surface area contributed by atoms with Crippen LogP contribution in [-0.4, -0.2) is 46.6 Å². The van der Waals surface area contributed by atoms with E-state index in [9.17, 15) is 0 Å². The molecule has 5 heteroatoms. The van der Waals surface area contributed by atoms with E-state index in [1.54, 1.807) is 0 Å². The third kappa shape index (κ3) is 3.32. The fraction of sp³-hybridized carbons (Fsp3) is 0.750. The van der Waals surface area contributed by atoms with Gasteiger partial charge < -0.3 is 4.90 Å². The molecule has 0 aliphatic carbocycles. The highest BCUT2D eigenvalue weighted by atomic mass is 35.5. The van der Waals surface area contributed by atoms with Crippen LogP contribution in [0.1, 0.15) is 45.4 Å². The number of hydrogen-bond acceptors (Lipinski definition) is 4. The maximum absolute atomic E-state index is 6.20. The van der Waals surface area contributed by atoms with E-state index in [0.717, 1.165) is 37.6 Å². The van der Waals surface area contributed by atoms with Crippen molar-refractivity contribution in [3.63, 3.8) is 0 Å². The number of rotatable bonds is 3. The van der Waals surface area contributed by atoms with Gasteiger partial charge in [0, 0.05) is 37.7 Å². The van der Waals surface area contributed by atoms with Gasteiger partial charge in [-0.05, 0) is 32.7 Å². The summed E-state index contributed by atoms with van der Waals surface area (Å²) in [7, 11) is 0. The lowest BCUT2D eigenvalue weighted by atomic mass is 9.97. The van der Waals surface area contributed by atoms with Crippen molar-refractivity contribution in [1.82, 2.24) is 14.9 Å². The maximum Gasteiger partial charge on any atom is 0.134 e. The van der Waals surface area contributed by atoms with E-state index < -0.39 is 0 Å². The molecule has 2 aliphatic rings. The minimum atomic E-state index is 0.486. The number of aromatic nitrogens is 2. The van der Waals surface area contributed by atoms with Gasteiger partial charge in [-0.3, -0.25) is 4.90 Å². The first-order valence-corrected chi connectivity index (χ1v) is 8.59. The predicted octanol–water partition coefficient (Wildman–Crippen LogP) is 3.15. The van der Waals surface area contributed by atoms with Gasteiger partial charge in [0.15, 0.2) is 0 Å². The molecule has 116 valence electrons. The summed E-state index contributed by atoms with van der Waals surface area (Å²) in [5, 5.41) is 0.571. The van der Waals surface area contributed by atoms with Gasteiger partial charge in [0.25, 0.3) is 0 Å². The first-order valence-electron chi connectivity index (χ1n) is 8.21. The van der Waals surface area contributed by atoms with Gasteiger partial charge in [0.1, 0.15) is 16.8 Å². The fourth-order valence-electron chi connectivity index (χ4n) is 3.61. The Balaban J connectivity index is 1.82. The van der Waals surface area contributed by atoms with Crippen LogP contribution in [0.4, 0.5) is 5.82 Å². The van der Waals surface area contributed by atoms with Gasteiger partial charge >= 0.3 is 0 Å². The molecular formula is C16H25ClN4. The largest absolute Gasteiger partial charge is 0.351 e. The van der Waals surface area contributed by atoms with Crippen molar-refractivity contribution in [2.24, 2.45) is 0 Å². The molecule has 0 saturated carbocycles. The Kier molecular flexibility index (Phi) is 4.65. The Hall–Kier alpha value is -0.870. The van der Waals surface area contributed by atoms with E-state index in [-0.39, 0.29) is 0 Å². The van der Waals surface area contributed by atoms with Crippen LogP contribution < -0.4 is 4.90 Å². The molecule has 2 fully saturated rings. The molecule has 3 rings (SSSR count). The van der Waals surface area contributed by atoms with Crippen LogP contribution in [0, 0.1) is 0 Å². The summed E-state index contributed by atoms with van der Waals surface area (Å²) in [5.74, 6) is 1.88. The van der Waals surface area contributed by atoms with Crippen molar-refractivity contribution in [1.29, 1.82) is 0 Å². The molecular weight excluding hydrogens is 284 g/mol. The van der Waals surface area contributed by atoms with Crippen LogP contribution in [0.15, 0.2) is 6.07 Å². The highest BCUT2D eigenvalue weighted by Crippen LogP contribution is 2.28. The number of nitrogens with zero attached hydrogens (tertiary/aromatic N) is 4. The average Bonchev–Trinajstić information content (AvgIpc) is 2.46. The van der Waals surface area contributed by atoms with Crippen molar-refractivity contribution in [2.75, 3.05) is 24.5 Å². The first kappa shape index (κ1) is 15.0. The summed E-state index contributed by atoms with van der Waals surface area (Å²) in [6.45, 7) is 7.90. The molecule has 0 bridgehead atoms. The van der Waals surface area contributed by atoms with Crippen LogP contribution >= 0.6 is 11.6 Å². The molecule has 0 aromatic carbocycles. The number of piperazine rings is 1. The third-order valence-electron chi connectivity index (χ3n) is 4.68. The SMILES string of the molecule is CCCc1nc(Cl)cc(N2CC3CCCCN3CC2C)n1. The molecule has 3 heterocycles. The Morgan fingerprint density at radius 2 is 2.14 bits per heavy atom. The molecule has 2 saturated heterocycles. The maximum atomic E-state index is 6.20. The molecule has 21 heavy (non-hydrogen) atoms. The zero-order valence-corrected chi connectivity index (χ0v) is 13.8. The zero-order chi connectivity index (χ0) is 14.8. The quantitative estimate of drug-likeness (QED) is 0.803. The van der Waals surface area contributed by atoms with Gasteiger partial charge in [0.05, 0.1) is 0 Å². The van der Waals surface area contributed by atoms with Crippen LogP contribution in [0.25, 0.3) is 0 Å². The molecule has 2 atom stereocenters. The zero-order valence-electron chi connectivity index (χ0n) is 13.1. The van der Waals surface area contributed by atoms with Crippen molar-refractivity contribution in [2.45, 2.75) is 58.0 Å². The topological polar surface area (TPSA) is 32.3 Å². The summed E-state index contributed by atoms with van der Waals surface area (Å²) in [6, 6.07) is 3.09. The Labute approximate surface area is 132 Å². The van der Waals surface area contributed by atoms with Gasteiger partial charge in [-0.15, -0.1) is 0 Å². The van der Waals surface area contributed by atoms with Crippen molar-refractivity contribution >= 4 is 17.4 Å². The van der Waals surface area contributed by atoms with Crippen molar-refractivity contribution < 1.29 is 0 Å². The molecule has 1 aromatic rings. The van der Waals surface area contributed by atoms with Gasteiger partial charge in [-0.2, -0.15) is 0 Å². The predicted molar refractivity (Wildman–Crippen MR) is 87.1 cm³/mol. The van der Waals surface area contributed by atoms with Crippen LogP contribution in [-0.2, 0) is 6.42 Å². The monoisotopic (exact) mass is 308 g/mol. The van der Waals surface area contributed by atoms with E-state index in [1.807, 2.05) is 6.07 Å². The van der Waals surface area contributed by atoms with Crippen LogP contribution in [0.5, 0.6) is 0 Å². The lowest BCUT2D eigenvalue weighted by Crippen LogP contribution is -2.59. The summed E-state index contributed by atoms with van der Waals surface area (Å²) in [4.78, 5) is 14.2. The third-order valence-corrected chi connectivity index (χ3v) is 4.88. The van der Waals surface area contributed by atoms with E-state index >= 15 is 0 Å². The molecule has 2 aliphatic heterocycles. The van der Waals surface area contributed by atoms with Gasteiger partial charge in [0.2, 0.25) is 0 Å². The second-order valence-electron chi connectivity index (χ2n) is 6.36. The van der Waals surface area contributed by atoms with E-state index in [4.69, 9.17) is 16.6 Å². The molecule has 4 nitrogen and oxygen atoms in total. The van der Waals surface area contributed by atoms with Gasteiger partial charge in [-0.1, -0.05) is 24.9 Å². The number of anilines is 1. The highest BCUT2D eigenvalue weighted by Gasteiger charge is 2.33. The molecule has 2 unspecified atom stereocenters. The summed E-state index contributed by atoms with van der Waals surface area (Å²) >= 11 is 6.20. The number of fused-ring (bicyclic) bond motifs is 1. The van der Waals surface area contributed by atoms with E-state index in [1.165, 1.54) is 25.8 Å². The normalized spacial score (nSPS) is 26.7. The summed E-state index contributed by atoms with van der Waals surface area (Å²) in [5.41, 5.74) is 0. The minimum Gasteiger partial charge on any atom is -0.351 e. The molecule has 0 spiro atoms.